The van der Waals surface area contributed by atoms with Crippen LogP contribution >= 0.6 is 0 Å². The molecule has 0 amide bonds. The standard InChI is InChI=1S/C11H17NO3S/c1-8(5-6-12)10-7-9(16(2,14)15)3-4-11(10)13/h3-4,7-8,13H,5-6,12H2,1-2H3. The van der Waals surface area contributed by atoms with Crippen molar-refractivity contribution >= 4 is 9.84 Å². The molecule has 0 aliphatic carbocycles. The van der Waals surface area contributed by atoms with Crippen molar-refractivity contribution in [3.05, 3.63) is 23.8 Å². The van der Waals surface area contributed by atoms with Crippen LogP contribution in [0.1, 0.15) is 24.8 Å². The van der Waals surface area contributed by atoms with Gasteiger partial charge in [0.2, 0.25) is 0 Å². The first-order valence-electron chi connectivity index (χ1n) is 5.09. The predicted molar refractivity (Wildman–Crippen MR) is 63.3 cm³/mol. The second-order valence-electron chi connectivity index (χ2n) is 3.97. The highest BCUT2D eigenvalue weighted by Gasteiger charge is 2.14. The fourth-order valence-electron chi connectivity index (χ4n) is 1.56. The van der Waals surface area contributed by atoms with Gasteiger partial charge in [0, 0.05) is 6.26 Å². The molecule has 0 aliphatic rings. The Labute approximate surface area is 96.0 Å². The van der Waals surface area contributed by atoms with E-state index in [1.54, 1.807) is 0 Å². The van der Waals surface area contributed by atoms with Crippen LogP contribution in [-0.4, -0.2) is 26.3 Å². The molecule has 3 N–H and O–H groups in total. The molecule has 16 heavy (non-hydrogen) atoms. The van der Waals surface area contributed by atoms with Crippen molar-refractivity contribution in [1.29, 1.82) is 0 Å². The van der Waals surface area contributed by atoms with Crippen molar-refractivity contribution < 1.29 is 13.5 Å². The lowest BCUT2D eigenvalue weighted by Gasteiger charge is -2.13. The molecule has 0 aliphatic heterocycles. The largest absolute Gasteiger partial charge is 0.508 e. The molecule has 1 aromatic rings. The van der Waals surface area contributed by atoms with Crippen LogP contribution in [0.4, 0.5) is 0 Å². The third-order valence-electron chi connectivity index (χ3n) is 2.56. The predicted octanol–water partition coefficient (Wildman–Crippen LogP) is 1.25. The second kappa shape index (κ2) is 4.84. The molecule has 90 valence electrons. The first-order chi connectivity index (χ1) is 7.36. The molecule has 0 heterocycles. The Balaban J connectivity index is 3.19. The van der Waals surface area contributed by atoms with Gasteiger partial charge in [-0.3, -0.25) is 0 Å². The van der Waals surface area contributed by atoms with Crippen molar-refractivity contribution in [2.45, 2.75) is 24.2 Å². The van der Waals surface area contributed by atoms with Gasteiger partial charge in [-0.05, 0) is 42.6 Å². The highest BCUT2D eigenvalue weighted by atomic mass is 32.2. The Morgan fingerprint density at radius 1 is 1.44 bits per heavy atom. The number of aromatic hydroxyl groups is 1. The summed E-state index contributed by atoms with van der Waals surface area (Å²) in [6, 6.07) is 4.34. The maximum atomic E-state index is 11.4. The number of benzene rings is 1. The molecule has 5 heteroatoms. The van der Waals surface area contributed by atoms with E-state index >= 15 is 0 Å². The summed E-state index contributed by atoms with van der Waals surface area (Å²) in [7, 11) is -3.23. The Hall–Kier alpha value is -1.07. The maximum Gasteiger partial charge on any atom is 0.175 e. The quantitative estimate of drug-likeness (QED) is 0.834. The molecule has 0 radical (unpaired) electrons. The van der Waals surface area contributed by atoms with Crippen LogP contribution in [0.5, 0.6) is 5.75 Å². The molecule has 0 saturated carbocycles. The number of hydrogen-bond donors (Lipinski definition) is 2. The Morgan fingerprint density at radius 2 is 2.06 bits per heavy atom. The lowest BCUT2D eigenvalue weighted by atomic mass is 9.97. The van der Waals surface area contributed by atoms with Gasteiger partial charge < -0.3 is 10.8 Å². The molecule has 0 spiro atoms. The molecule has 4 nitrogen and oxygen atoms in total. The van der Waals surface area contributed by atoms with Crippen molar-refractivity contribution in [2.24, 2.45) is 5.73 Å². The fraction of sp³-hybridized carbons (Fsp3) is 0.455. The molecule has 0 saturated heterocycles. The molecular weight excluding hydrogens is 226 g/mol. The Kier molecular flexibility index (Phi) is 3.93. The van der Waals surface area contributed by atoms with Crippen LogP contribution in [0.3, 0.4) is 0 Å². The van der Waals surface area contributed by atoms with E-state index in [1.165, 1.54) is 18.2 Å². The topological polar surface area (TPSA) is 80.4 Å². The zero-order valence-electron chi connectivity index (χ0n) is 9.47. The average molecular weight is 243 g/mol. The van der Waals surface area contributed by atoms with Gasteiger partial charge in [0.1, 0.15) is 5.75 Å². The average Bonchev–Trinajstić information content (AvgIpc) is 2.16. The van der Waals surface area contributed by atoms with Gasteiger partial charge in [-0.25, -0.2) is 8.42 Å². The Bertz CT molecular complexity index is 468. The minimum Gasteiger partial charge on any atom is -0.508 e. The highest BCUT2D eigenvalue weighted by molar-refractivity contribution is 7.90. The van der Waals surface area contributed by atoms with E-state index in [0.717, 1.165) is 6.26 Å². The number of rotatable bonds is 4. The number of hydrogen-bond acceptors (Lipinski definition) is 4. The molecule has 0 fully saturated rings. The molecular formula is C11H17NO3S. The summed E-state index contributed by atoms with van der Waals surface area (Å²) in [6.45, 7) is 2.41. The van der Waals surface area contributed by atoms with E-state index in [1.807, 2.05) is 6.92 Å². The molecule has 1 atom stereocenters. The maximum absolute atomic E-state index is 11.4. The minimum absolute atomic E-state index is 0.0479. The van der Waals surface area contributed by atoms with Gasteiger partial charge in [0.25, 0.3) is 0 Å². The summed E-state index contributed by atoms with van der Waals surface area (Å²) >= 11 is 0. The number of nitrogens with two attached hydrogens (primary N) is 1. The molecule has 1 aromatic carbocycles. The fourth-order valence-corrected chi connectivity index (χ4v) is 2.22. The lowest BCUT2D eigenvalue weighted by Crippen LogP contribution is -2.06. The number of phenolic OH excluding ortho intramolecular Hbond substituents is 1. The lowest BCUT2D eigenvalue weighted by molar-refractivity contribution is 0.460. The van der Waals surface area contributed by atoms with E-state index in [0.29, 0.717) is 18.5 Å². The summed E-state index contributed by atoms with van der Waals surface area (Å²) in [5.41, 5.74) is 6.07. The van der Waals surface area contributed by atoms with Crippen LogP contribution in [0.15, 0.2) is 23.1 Å². The van der Waals surface area contributed by atoms with Gasteiger partial charge in [-0.15, -0.1) is 0 Å². The third-order valence-corrected chi connectivity index (χ3v) is 3.67. The zero-order valence-corrected chi connectivity index (χ0v) is 10.3. The summed E-state index contributed by atoms with van der Waals surface area (Å²) in [6.07, 6.45) is 1.86. The molecule has 0 bridgehead atoms. The molecule has 0 aromatic heterocycles. The van der Waals surface area contributed by atoms with Gasteiger partial charge >= 0.3 is 0 Å². The summed E-state index contributed by atoms with van der Waals surface area (Å²) in [5.74, 6) is 0.167. The zero-order chi connectivity index (χ0) is 12.3. The van der Waals surface area contributed by atoms with Crippen molar-refractivity contribution in [3.63, 3.8) is 0 Å². The smallest absolute Gasteiger partial charge is 0.175 e. The Morgan fingerprint density at radius 3 is 2.56 bits per heavy atom. The first kappa shape index (κ1) is 13.0. The van der Waals surface area contributed by atoms with E-state index in [2.05, 4.69) is 0 Å². The highest BCUT2D eigenvalue weighted by Crippen LogP contribution is 2.29. The van der Waals surface area contributed by atoms with Crippen LogP contribution in [-0.2, 0) is 9.84 Å². The normalized spacial score (nSPS) is 13.7. The summed E-state index contributed by atoms with van der Waals surface area (Å²) in [4.78, 5) is 0.226. The van der Waals surface area contributed by atoms with Gasteiger partial charge in [0.15, 0.2) is 9.84 Å². The van der Waals surface area contributed by atoms with Crippen LogP contribution in [0.25, 0.3) is 0 Å². The SMILES string of the molecule is CC(CCN)c1cc(S(C)(=O)=O)ccc1O. The van der Waals surface area contributed by atoms with Gasteiger partial charge in [0.05, 0.1) is 4.90 Å². The summed E-state index contributed by atoms with van der Waals surface area (Å²) in [5, 5.41) is 9.66. The molecule has 1 rings (SSSR count). The third kappa shape index (κ3) is 2.96. The van der Waals surface area contributed by atoms with Crippen molar-refractivity contribution in [1.82, 2.24) is 0 Å². The van der Waals surface area contributed by atoms with E-state index in [9.17, 15) is 13.5 Å². The van der Waals surface area contributed by atoms with E-state index < -0.39 is 9.84 Å². The van der Waals surface area contributed by atoms with Crippen molar-refractivity contribution in [3.8, 4) is 5.75 Å². The number of phenols is 1. The molecule has 1 unspecified atom stereocenters. The minimum atomic E-state index is -3.23. The number of sulfone groups is 1. The monoisotopic (exact) mass is 243 g/mol. The van der Waals surface area contributed by atoms with Crippen molar-refractivity contribution in [2.75, 3.05) is 12.8 Å². The van der Waals surface area contributed by atoms with Crippen LogP contribution in [0, 0.1) is 0 Å². The summed E-state index contributed by atoms with van der Waals surface area (Å²) < 4.78 is 22.7. The van der Waals surface area contributed by atoms with E-state index in [4.69, 9.17) is 5.73 Å². The van der Waals surface area contributed by atoms with Crippen LogP contribution < -0.4 is 5.73 Å². The van der Waals surface area contributed by atoms with Crippen LogP contribution in [0.2, 0.25) is 0 Å². The second-order valence-corrected chi connectivity index (χ2v) is 5.99. The van der Waals surface area contributed by atoms with E-state index in [-0.39, 0.29) is 16.6 Å². The van der Waals surface area contributed by atoms with Gasteiger partial charge in [-0.1, -0.05) is 6.92 Å². The van der Waals surface area contributed by atoms with Gasteiger partial charge in [-0.2, -0.15) is 0 Å². The first-order valence-corrected chi connectivity index (χ1v) is 6.98.